The molecule has 0 atom stereocenters. The lowest BCUT2D eigenvalue weighted by molar-refractivity contribution is -0.137. The van der Waals surface area contributed by atoms with Crippen LogP contribution in [0, 0.1) is 0 Å². The highest BCUT2D eigenvalue weighted by Crippen LogP contribution is 2.18. The number of benzene rings is 1. The van der Waals surface area contributed by atoms with Crippen molar-refractivity contribution in [2.45, 2.75) is 33.6 Å². The van der Waals surface area contributed by atoms with Gasteiger partial charge < -0.3 is 9.47 Å². The third kappa shape index (κ3) is 5.60. The predicted octanol–water partition coefficient (Wildman–Crippen LogP) is 3.83. The van der Waals surface area contributed by atoms with Gasteiger partial charge in [0.2, 0.25) is 0 Å². The number of allylic oxidation sites excluding steroid dienone is 1. The Morgan fingerprint density at radius 2 is 1.89 bits per heavy atom. The average molecular weight is 262 g/mol. The molecule has 3 heteroatoms. The Bertz CT molecular complexity index is 418. The summed E-state index contributed by atoms with van der Waals surface area (Å²) < 4.78 is 10.5. The zero-order valence-electron chi connectivity index (χ0n) is 11.9. The summed E-state index contributed by atoms with van der Waals surface area (Å²) in [4.78, 5) is 11.3. The smallest absolute Gasteiger partial charge is 0.331 e. The molecule has 19 heavy (non-hydrogen) atoms. The van der Waals surface area contributed by atoms with Crippen LogP contribution in [0.3, 0.4) is 0 Å². The van der Waals surface area contributed by atoms with E-state index in [1.165, 1.54) is 6.08 Å². The summed E-state index contributed by atoms with van der Waals surface area (Å²) in [6, 6.07) is 7.75. The molecule has 0 amide bonds. The number of carbonyl (C=O) groups excluding carboxylic acids is 1. The van der Waals surface area contributed by atoms with Crippen LogP contribution in [0.15, 0.2) is 30.3 Å². The molecule has 0 aromatic heterocycles. The summed E-state index contributed by atoms with van der Waals surface area (Å²) >= 11 is 0. The maximum Gasteiger partial charge on any atom is 0.331 e. The third-order valence-corrected chi connectivity index (χ3v) is 2.70. The molecular formula is C16H22O3. The van der Waals surface area contributed by atoms with Gasteiger partial charge in [-0.15, -0.1) is 0 Å². The molecule has 1 aromatic rings. The molecule has 0 radical (unpaired) electrons. The number of hydrogen-bond acceptors (Lipinski definition) is 3. The molecule has 0 aliphatic carbocycles. The molecule has 0 aliphatic heterocycles. The van der Waals surface area contributed by atoms with E-state index in [9.17, 15) is 4.79 Å². The first kappa shape index (κ1) is 15.3. The minimum atomic E-state index is -0.303. The van der Waals surface area contributed by atoms with Crippen molar-refractivity contribution in [3.05, 3.63) is 35.9 Å². The van der Waals surface area contributed by atoms with E-state index in [-0.39, 0.29) is 5.97 Å². The molecule has 1 rings (SSSR count). The highest BCUT2D eigenvalue weighted by Gasteiger charge is 2.01. The average Bonchev–Trinajstić information content (AvgIpc) is 2.40. The minimum Gasteiger partial charge on any atom is -0.494 e. The molecule has 0 heterocycles. The van der Waals surface area contributed by atoms with Crippen LogP contribution in [0.5, 0.6) is 5.75 Å². The van der Waals surface area contributed by atoms with Crippen molar-refractivity contribution in [2.24, 2.45) is 0 Å². The van der Waals surface area contributed by atoms with Gasteiger partial charge in [-0.25, -0.2) is 4.79 Å². The normalized spacial score (nSPS) is 11.2. The maximum absolute atomic E-state index is 11.3. The summed E-state index contributed by atoms with van der Waals surface area (Å²) in [5, 5.41) is 0. The molecule has 0 saturated heterocycles. The minimum absolute atomic E-state index is 0.303. The van der Waals surface area contributed by atoms with Crippen LogP contribution >= 0.6 is 0 Å². The molecule has 104 valence electrons. The quantitative estimate of drug-likeness (QED) is 0.425. The molecular weight excluding hydrogens is 240 g/mol. The Hall–Kier alpha value is -1.77. The molecule has 0 N–H and O–H groups in total. The molecule has 0 unspecified atom stereocenters. The second-order valence-electron chi connectivity index (χ2n) is 4.31. The first-order chi connectivity index (χ1) is 9.17. The van der Waals surface area contributed by atoms with Gasteiger partial charge in [0.25, 0.3) is 0 Å². The lowest BCUT2D eigenvalue weighted by Gasteiger charge is -2.07. The van der Waals surface area contributed by atoms with Crippen LogP contribution in [0.4, 0.5) is 0 Å². The highest BCUT2D eigenvalue weighted by atomic mass is 16.5. The highest BCUT2D eigenvalue weighted by molar-refractivity contribution is 5.90. The number of ether oxygens (including phenoxy) is 2. The van der Waals surface area contributed by atoms with Gasteiger partial charge in [-0.3, -0.25) is 0 Å². The number of hydrogen-bond donors (Lipinski definition) is 0. The summed E-state index contributed by atoms with van der Waals surface area (Å²) in [7, 11) is 0. The van der Waals surface area contributed by atoms with Gasteiger partial charge in [-0.1, -0.05) is 25.5 Å². The van der Waals surface area contributed by atoms with Gasteiger partial charge in [0.15, 0.2) is 0 Å². The predicted molar refractivity (Wildman–Crippen MR) is 77.1 cm³/mol. The maximum atomic E-state index is 11.3. The first-order valence-corrected chi connectivity index (χ1v) is 6.75. The van der Waals surface area contributed by atoms with Crippen LogP contribution in [-0.2, 0) is 9.53 Å². The van der Waals surface area contributed by atoms with Crippen LogP contribution in [0.25, 0.3) is 5.57 Å². The van der Waals surface area contributed by atoms with Crippen molar-refractivity contribution in [2.75, 3.05) is 13.2 Å². The fourth-order valence-electron chi connectivity index (χ4n) is 1.59. The molecule has 1 aromatic carbocycles. The molecule has 0 aliphatic rings. The number of unbranched alkanes of at least 4 members (excludes halogenated alkanes) is 1. The van der Waals surface area contributed by atoms with E-state index in [0.29, 0.717) is 6.61 Å². The Labute approximate surface area is 115 Å². The van der Waals surface area contributed by atoms with Gasteiger partial charge in [0.1, 0.15) is 5.75 Å². The van der Waals surface area contributed by atoms with Gasteiger partial charge in [-0.2, -0.15) is 0 Å². The topological polar surface area (TPSA) is 35.5 Å². The fraction of sp³-hybridized carbons (Fsp3) is 0.438. The van der Waals surface area contributed by atoms with E-state index < -0.39 is 0 Å². The van der Waals surface area contributed by atoms with Crippen molar-refractivity contribution in [1.29, 1.82) is 0 Å². The van der Waals surface area contributed by atoms with Crippen molar-refractivity contribution in [1.82, 2.24) is 0 Å². The third-order valence-electron chi connectivity index (χ3n) is 2.70. The Kier molecular flexibility index (Phi) is 6.72. The first-order valence-electron chi connectivity index (χ1n) is 6.75. The monoisotopic (exact) mass is 262 g/mol. The molecule has 3 nitrogen and oxygen atoms in total. The molecule has 0 spiro atoms. The Morgan fingerprint density at radius 1 is 1.21 bits per heavy atom. The zero-order chi connectivity index (χ0) is 14.1. The lowest BCUT2D eigenvalue weighted by atomic mass is 10.1. The van der Waals surface area contributed by atoms with Crippen molar-refractivity contribution in [3.63, 3.8) is 0 Å². The zero-order valence-corrected chi connectivity index (χ0v) is 11.9. The van der Waals surface area contributed by atoms with E-state index in [0.717, 1.165) is 36.3 Å². The Balaban J connectivity index is 2.62. The van der Waals surface area contributed by atoms with Crippen LogP contribution in [-0.4, -0.2) is 19.2 Å². The number of esters is 1. The van der Waals surface area contributed by atoms with E-state index >= 15 is 0 Å². The second kappa shape index (κ2) is 8.35. The Morgan fingerprint density at radius 3 is 2.47 bits per heavy atom. The van der Waals surface area contributed by atoms with Gasteiger partial charge >= 0.3 is 5.97 Å². The van der Waals surface area contributed by atoms with Gasteiger partial charge in [0, 0.05) is 6.08 Å². The van der Waals surface area contributed by atoms with Gasteiger partial charge in [-0.05, 0) is 43.5 Å². The second-order valence-corrected chi connectivity index (χ2v) is 4.31. The van der Waals surface area contributed by atoms with Crippen LogP contribution in [0.2, 0.25) is 0 Å². The van der Waals surface area contributed by atoms with E-state index in [1.807, 2.05) is 31.2 Å². The number of carbonyl (C=O) groups is 1. The standard InChI is InChI=1S/C16H22O3/c1-4-6-11-19-15-9-7-14(8-10-15)13(3)12-16(17)18-5-2/h7-10,12H,4-6,11H2,1-3H3/b13-12+. The largest absolute Gasteiger partial charge is 0.494 e. The summed E-state index contributed by atoms with van der Waals surface area (Å²) in [6.45, 7) is 6.96. The van der Waals surface area contributed by atoms with Crippen LogP contribution in [0.1, 0.15) is 39.2 Å². The van der Waals surface area contributed by atoms with Crippen molar-refractivity contribution >= 4 is 11.5 Å². The van der Waals surface area contributed by atoms with E-state index in [1.54, 1.807) is 6.92 Å². The van der Waals surface area contributed by atoms with E-state index in [2.05, 4.69) is 6.92 Å². The molecule has 0 saturated carbocycles. The van der Waals surface area contributed by atoms with Crippen molar-refractivity contribution in [3.8, 4) is 5.75 Å². The lowest BCUT2D eigenvalue weighted by Crippen LogP contribution is -2.00. The molecule has 0 fully saturated rings. The summed E-state index contributed by atoms with van der Waals surface area (Å²) in [5.41, 5.74) is 1.88. The summed E-state index contributed by atoms with van der Waals surface area (Å²) in [6.07, 6.45) is 3.69. The van der Waals surface area contributed by atoms with Crippen LogP contribution < -0.4 is 4.74 Å². The SMILES string of the molecule is CCCCOc1ccc(/C(C)=C/C(=O)OCC)cc1. The fourth-order valence-corrected chi connectivity index (χ4v) is 1.59. The molecule has 0 bridgehead atoms. The number of rotatable bonds is 7. The van der Waals surface area contributed by atoms with Gasteiger partial charge in [0.05, 0.1) is 13.2 Å². The summed E-state index contributed by atoms with van der Waals surface area (Å²) in [5.74, 6) is 0.560. The van der Waals surface area contributed by atoms with E-state index in [4.69, 9.17) is 9.47 Å². The van der Waals surface area contributed by atoms with Crippen molar-refractivity contribution < 1.29 is 14.3 Å².